The molecule has 0 atom stereocenters. The van der Waals surface area contributed by atoms with Gasteiger partial charge in [-0.2, -0.15) is 0 Å². The number of thiol groups is 1. The quantitative estimate of drug-likeness (QED) is 0.786. The maximum atomic E-state index is 12.6. The number of anilines is 1. The van der Waals surface area contributed by atoms with Crippen molar-refractivity contribution in [1.29, 1.82) is 0 Å². The van der Waals surface area contributed by atoms with E-state index in [9.17, 15) is 4.79 Å². The molecular formula is C16H15NOS. The van der Waals surface area contributed by atoms with Crippen LogP contribution in [0.15, 0.2) is 47.4 Å². The van der Waals surface area contributed by atoms with E-state index < -0.39 is 0 Å². The lowest BCUT2D eigenvalue weighted by Gasteiger charge is -2.18. The van der Waals surface area contributed by atoms with Gasteiger partial charge in [0.05, 0.1) is 0 Å². The first kappa shape index (κ1) is 12.3. The van der Waals surface area contributed by atoms with Crippen LogP contribution in [0, 0.1) is 6.92 Å². The normalized spacial score (nSPS) is 13.5. The van der Waals surface area contributed by atoms with Crippen molar-refractivity contribution >= 4 is 24.2 Å². The van der Waals surface area contributed by atoms with Gasteiger partial charge in [0.25, 0.3) is 5.91 Å². The number of nitrogens with zero attached hydrogens (tertiary/aromatic N) is 1. The molecule has 0 radical (unpaired) electrons. The first-order chi connectivity index (χ1) is 9.16. The van der Waals surface area contributed by atoms with E-state index in [-0.39, 0.29) is 5.91 Å². The van der Waals surface area contributed by atoms with E-state index in [2.05, 4.69) is 12.6 Å². The maximum absolute atomic E-state index is 12.6. The average molecular weight is 269 g/mol. The highest BCUT2D eigenvalue weighted by Gasteiger charge is 2.26. The van der Waals surface area contributed by atoms with Crippen molar-refractivity contribution in [3.63, 3.8) is 0 Å². The van der Waals surface area contributed by atoms with Crippen molar-refractivity contribution in [2.75, 3.05) is 11.4 Å². The van der Waals surface area contributed by atoms with Crippen molar-refractivity contribution in [3.05, 3.63) is 59.2 Å². The largest absolute Gasteiger partial charge is 0.308 e. The zero-order valence-electron chi connectivity index (χ0n) is 10.8. The molecular weight excluding hydrogens is 254 g/mol. The molecule has 1 aliphatic heterocycles. The van der Waals surface area contributed by atoms with Crippen LogP contribution in [0.4, 0.5) is 5.69 Å². The molecule has 0 unspecified atom stereocenters. The fourth-order valence-electron chi connectivity index (χ4n) is 2.56. The molecule has 3 rings (SSSR count). The lowest BCUT2D eigenvalue weighted by atomic mass is 10.1. The molecule has 1 heterocycles. The number of rotatable bonds is 1. The topological polar surface area (TPSA) is 20.3 Å². The van der Waals surface area contributed by atoms with Crippen LogP contribution in [0.3, 0.4) is 0 Å². The molecule has 3 heteroatoms. The van der Waals surface area contributed by atoms with E-state index in [0.29, 0.717) is 0 Å². The van der Waals surface area contributed by atoms with Gasteiger partial charge in [-0.05, 0) is 48.7 Å². The third kappa shape index (κ3) is 2.15. The van der Waals surface area contributed by atoms with Crippen LogP contribution in [-0.4, -0.2) is 12.5 Å². The summed E-state index contributed by atoms with van der Waals surface area (Å²) in [5.74, 6) is 0.0868. The van der Waals surface area contributed by atoms with Gasteiger partial charge >= 0.3 is 0 Å². The van der Waals surface area contributed by atoms with Crippen molar-refractivity contribution in [3.8, 4) is 0 Å². The summed E-state index contributed by atoms with van der Waals surface area (Å²) in [6, 6.07) is 13.7. The highest BCUT2D eigenvalue weighted by molar-refractivity contribution is 7.80. The van der Waals surface area contributed by atoms with Gasteiger partial charge in [-0.25, -0.2) is 0 Å². The van der Waals surface area contributed by atoms with Crippen LogP contribution < -0.4 is 4.90 Å². The van der Waals surface area contributed by atoms with E-state index in [1.54, 1.807) is 0 Å². The lowest BCUT2D eigenvalue weighted by molar-refractivity contribution is 0.0989. The number of hydrogen-bond acceptors (Lipinski definition) is 2. The SMILES string of the molecule is Cc1ccccc1C(=O)N1CCc2cc(S)ccc21. The van der Waals surface area contributed by atoms with E-state index in [4.69, 9.17) is 0 Å². The van der Waals surface area contributed by atoms with Crippen LogP contribution in [0.2, 0.25) is 0 Å². The fraction of sp³-hybridized carbons (Fsp3) is 0.188. The first-order valence-corrected chi connectivity index (χ1v) is 6.81. The number of carbonyl (C=O) groups excluding carboxylic acids is 1. The maximum Gasteiger partial charge on any atom is 0.258 e. The summed E-state index contributed by atoms with van der Waals surface area (Å²) >= 11 is 4.35. The molecule has 0 N–H and O–H groups in total. The van der Waals surface area contributed by atoms with Gasteiger partial charge in [-0.15, -0.1) is 12.6 Å². The zero-order chi connectivity index (χ0) is 13.4. The fourth-order valence-corrected chi connectivity index (χ4v) is 2.79. The Labute approximate surface area is 118 Å². The summed E-state index contributed by atoms with van der Waals surface area (Å²) in [5, 5.41) is 0. The predicted molar refractivity (Wildman–Crippen MR) is 80.3 cm³/mol. The number of carbonyl (C=O) groups is 1. The molecule has 2 nitrogen and oxygen atoms in total. The minimum absolute atomic E-state index is 0.0868. The summed E-state index contributed by atoms with van der Waals surface area (Å²) in [7, 11) is 0. The minimum atomic E-state index is 0.0868. The van der Waals surface area contributed by atoms with Crippen LogP contribution >= 0.6 is 12.6 Å². The molecule has 2 aromatic carbocycles. The minimum Gasteiger partial charge on any atom is -0.308 e. The van der Waals surface area contributed by atoms with Crippen LogP contribution in [-0.2, 0) is 6.42 Å². The van der Waals surface area contributed by atoms with Crippen molar-refractivity contribution < 1.29 is 4.79 Å². The van der Waals surface area contributed by atoms with Gasteiger partial charge in [0.15, 0.2) is 0 Å². The van der Waals surface area contributed by atoms with Gasteiger partial charge < -0.3 is 4.90 Å². The van der Waals surface area contributed by atoms with Crippen LogP contribution in [0.25, 0.3) is 0 Å². The van der Waals surface area contributed by atoms with Crippen LogP contribution in [0.5, 0.6) is 0 Å². The molecule has 0 saturated heterocycles. The van der Waals surface area contributed by atoms with Crippen molar-refractivity contribution in [2.24, 2.45) is 0 Å². The third-order valence-corrected chi connectivity index (χ3v) is 3.86. The number of aryl methyl sites for hydroxylation is 1. The van der Waals surface area contributed by atoms with E-state index >= 15 is 0 Å². The van der Waals surface area contributed by atoms with Gasteiger partial charge in [0.2, 0.25) is 0 Å². The molecule has 0 bridgehead atoms. The Kier molecular flexibility index (Phi) is 3.07. The second-order valence-electron chi connectivity index (χ2n) is 4.83. The number of amides is 1. The van der Waals surface area contributed by atoms with Crippen molar-refractivity contribution in [1.82, 2.24) is 0 Å². The summed E-state index contributed by atoms with van der Waals surface area (Å²) in [6.45, 7) is 2.72. The highest BCUT2D eigenvalue weighted by Crippen LogP contribution is 2.31. The molecule has 0 fully saturated rings. The second kappa shape index (κ2) is 4.74. The molecule has 0 spiro atoms. The Morgan fingerprint density at radius 3 is 2.79 bits per heavy atom. The Hall–Kier alpha value is -1.74. The molecule has 0 saturated carbocycles. The molecule has 2 aromatic rings. The summed E-state index contributed by atoms with van der Waals surface area (Å²) in [6.07, 6.45) is 0.904. The molecule has 1 aliphatic rings. The van der Waals surface area contributed by atoms with Gasteiger partial charge in [-0.1, -0.05) is 18.2 Å². The Bertz CT molecular complexity index is 651. The molecule has 1 amide bonds. The molecule has 0 aliphatic carbocycles. The third-order valence-electron chi connectivity index (χ3n) is 3.58. The Morgan fingerprint density at radius 1 is 1.21 bits per heavy atom. The summed E-state index contributed by atoms with van der Waals surface area (Å²) < 4.78 is 0. The highest BCUT2D eigenvalue weighted by atomic mass is 32.1. The van der Waals surface area contributed by atoms with E-state index in [0.717, 1.165) is 34.7 Å². The Balaban J connectivity index is 1.98. The first-order valence-electron chi connectivity index (χ1n) is 6.36. The van der Waals surface area contributed by atoms with E-state index in [1.165, 1.54) is 5.56 Å². The smallest absolute Gasteiger partial charge is 0.258 e. The van der Waals surface area contributed by atoms with Crippen LogP contribution in [0.1, 0.15) is 21.5 Å². The summed E-state index contributed by atoms with van der Waals surface area (Å²) in [4.78, 5) is 15.4. The molecule has 96 valence electrons. The molecule has 19 heavy (non-hydrogen) atoms. The van der Waals surface area contributed by atoms with Crippen molar-refractivity contribution in [2.45, 2.75) is 18.2 Å². The summed E-state index contributed by atoms with van der Waals surface area (Å²) in [5.41, 5.74) is 4.03. The number of fused-ring (bicyclic) bond motifs is 1. The molecule has 0 aromatic heterocycles. The number of hydrogen-bond donors (Lipinski definition) is 1. The van der Waals surface area contributed by atoms with Gasteiger partial charge in [0.1, 0.15) is 0 Å². The lowest BCUT2D eigenvalue weighted by Crippen LogP contribution is -2.29. The van der Waals surface area contributed by atoms with E-state index in [1.807, 2.05) is 54.3 Å². The van der Waals surface area contributed by atoms with Gasteiger partial charge in [-0.3, -0.25) is 4.79 Å². The monoisotopic (exact) mass is 269 g/mol. The number of benzene rings is 2. The predicted octanol–water partition coefficient (Wildman–Crippen LogP) is 3.49. The standard InChI is InChI=1S/C16H15NOS/c1-11-4-2-3-5-14(11)16(18)17-9-8-12-10-13(19)6-7-15(12)17/h2-7,10,19H,8-9H2,1H3. The second-order valence-corrected chi connectivity index (χ2v) is 5.35. The van der Waals surface area contributed by atoms with Gasteiger partial charge in [0, 0.05) is 22.7 Å². The average Bonchev–Trinajstić information content (AvgIpc) is 2.81. The Morgan fingerprint density at radius 2 is 2.00 bits per heavy atom. The zero-order valence-corrected chi connectivity index (χ0v) is 11.7.